The smallest absolute Gasteiger partial charge is 0.140 e. The van der Waals surface area contributed by atoms with E-state index in [0.717, 1.165) is 35.0 Å². The highest BCUT2D eigenvalue weighted by atomic mass is 79.9. The molecule has 5 heteroatoms. The van der Waals surface area contributed by atoms with Crippen LogP contribution in [0.1, 0.15) is 6.42 Å². The maximum Gasteiger partial charge on any atom is 0.140 e. The molecule has 0 N–H and O–H groups in total. The fourth-order valence-electron chi connectivity index (χ4n) is 2.18. The van der Waals surface area contributed by atoms with E-state index in [0.29, 0.717) is 0 Å². The third-order valence-corrected chi connectivity index (χ3v) is 4.78. The Morgan fingerprint density at radius 2 is 2.44 bits per heavy atom. The average Bonchev–Trinajstić information content (AvgIpc) is 2.97. The molecule has 1 aliphatic rings. The van der Waals surface area contributed by atoms with Crippen molar-refractivity contribution in [3.8, 4) is 0 Å². The van der Waals surface area contributed by atoms with Gasteiger partial charge in [-0.2, -0.15) is 0 Å². The van der Waals surface area contributed by atoms with Gasteiger partial charge in [0.2, 0.25) is 0 Å². The highest BCUT2D eigenvalue weighted by Gasteiger charge is 2.24. The van der Waals surface area contributed by atoms with Gasteiger partial charge in [0.25, 0.3) is 0 Å². The van der Waals surface area contributed by atoms with Crippen molar-refractivity contribution in [1.29, 1.82) is 0 Å². The zero-order valence-electron chi connectivity index (χ0n) is 8.77. The number of aromatic nitrogens is 2. The Labute approximate surface area is 107 Å². The molecule has 0 aliphatic carbocycles. The number of alkyl halides is 1. The predicted molar refractivity (Wildman–Crippen MR) is 71.5 cm³/mol. The van der Waals surface area contributed by atoms with Crippen LogP contribution in [-0.2, 0) is 0 Å². The minimum absolute atomic E-state index is 0.753. The maximum atomic E-state index is 4.44. The fraction of sp³-hybridized carbons (Fsp3) is 0.455. The molecule has 16 heavy (non-hydrogen) atoms. The second-order valence-corrected chi connectivity index (χ2v) is 5.63. The summed E-state index contributed by atoms with van der Waals surface area (Å²) in [4.78, 5) is 12.2. The lowest BCUT2D eigenvalue weighted by molar-refractivity contribution is 0.675. The minimum Gasteiger partial charge on any atom is -0.356 e. The number of hydrogen-bond donors (Lipinski definition) is 0. The van der Waals surface area contributed by atoms with Crippen LogP contribution in [0.4, 0.5) is 5.82 Å². The first-order chi connectivity index (χ1) is 7.88. The molecule has 1 saturated heterocycles. The van der Waals surface area contributed by atoms with Crippen LogP contribution in [0.3, 0.4) is 0 Å². The van der Waals surface area contributed by atoms with E-state index in [2.05, 4.69) is 42.2 Å². The summed E-state index contributed by atoms with van der Waals surface area (Å²) < 4.78 is 0. The monoisotopic (exact) mass is 297 g/mol. The van der Waals surface area contributed by atoms with Crippen molar-refractivity contribution in [3.05, 3.63) is 17.8 Å². The highest BCUT2D eigenvalue weighted by Crippen LogP contribution is 2.30. The molecule has 3 nitrogen and oxygen atoms in total. The molecular weight excluding hydrogens is 286 g/mol. The van der Waals surface area contributed by atoms with Crippen LogP contribution in [0.15, 0.2) is 17.8 Å². The highest BCUT2D eigenvalue weighted by molar-refractivity contribution is 9.09. The Kier molecular flexibility index (Phi) is 2.81. The molecule has 2 aromatic rings. The van der Waals surface area contributed by atoms with Crippen LogP contribution < -0.4 is 4.90 Å². The van der Waals surface area contributed by atoms with Gasteiger partial charge < -0.3 is 4.90 Å². The Morgan fingerprint density at radius 1 is 1.50 bits per heavy atom. The zero-order valence-corrected chi connectivity index (χ0v) is 11.2. The van der Waals surface area contributed by atoms with E-state index in [9.17, 15) is 0 Å². The van der Waals surface area contributed by atoms with Gasteiger partial charge in [-0.25, -0.2) is 9.97 Å². The van der Waals surface area contributed by atoms with Crippen LogP contribution in [0.25, 0.3) is 10.2 Å². The summed E-state index contributed by atoms with van der Waals surface area (Å²) in [7, 11) is 0. The molecule has 2 aromatic heterocycles. The van der Waals surface area contributed by atoms with Crippen molar-refractivity contribution >= 4 is 43.3 Å². The summed E-state index contributed by atoms with van der Waals surface area (Å²) in [6.07, 6.45) is 2.93. The van der Waals surface area contributed by atoms with E-state index in [1.807, 2.05) is 0 Å². The summed E-state index contributed by atoms with van der Waals surface area (Å²) in [5.41, 5.74) is 0. The van der Waals surface area contributed by atoms with E-state index in [-0.39, 0.29) is 0 Å². The summed E-state index contributed by atoms with van der Waals surface area (Å²) in [6.45, 7) is 2.21. The maximum absolute atomic E-state index is 4.44. The summed E-state index contributed by atoms with van der Waals surface area (Å²) in [5.74, 6) is 1.86. The quantitative estimate of drug-likeness (QED) is 0.798. The van der Waals surface area contributed by atoms with Gasteiger partial charge in [-0.15, -0.1) is 11.3 Å². The number of anilines is 1. The van der Waals surface area contributed by atoms with Gasteiger partial charge in [0.05, 0.1) is 5.39 Å². The Balaban J connectivity index is 1.97. The van der Waals surface area contributed by atoms with E-state index < -0.39 is 0 Å². The van der Waals surface area contributed by atoms with Gasteiger partial charge in [0.15, 0.2) is 0 Å². The molecule has 3 heterocycles. The third-order valence-electron chi connectivity index (χ3n) is 3.04. The zero-order chi connectivity index (χ0) is 11.0. The molecule has 0 aromatic carbocycles. The number of nitrogens with zero attached hydrogens (tertiary/aromatic N) is 3. The summed E-state index contributed by atoms with van der Waals surface area (Å²) in [6, 6.07) is 2.12. The van der Waals surface area contributed by atoms with Gasteiger partial charge in [0.1, 0.15) is 17.0 Å². The molecule has 1 aliphatic heterocycles. The topological polar surface area (TPSA) is 29.0 Å². The number of halogens is 1. The second kappa shape index (κ2) is 4.30. The van der Waals surface area contributed by atoms with Crippen molar-refractivity contribution < 1.29 is 0 Å². The van der Waals surface area contributed by atoms with Crippen LogP contribution in [0.5, 0.6) is 0 Å². The van der Waals surface area contributed by atoms with Gasteiger partial charge in [-0.1, -0.05) is 15.9 Å². The minimum atomic E-state index is 0.753. The van der Waals surface area contributed by atoms with Gasteiger partial charge >= 0.3 is 0 Å². The van der Waals surface area contributed by atoms with Crippen molar-refractivity contribution in [2.75, 3.05) is 23.3 Å². The first-order valence-corrected chi connectivity index (χ1v) is 7.37. The summed E-state index contributed by atoms with van der Waals surface area (Å²) in [5, 5.41) is 4.37. The van der Waals surface area contributed by atoms with Gasteiger partial charge in [-0.3, -0.25) is 0 Å². The van der Waals surface area contributed by atoms with Gasteiger partial charge in [-0.05, 0) is 23.8 Å². The molecule has 1 fully saturated rings. The number of thiophene rings is 1. The SMILES string of the molecule is BrCC1CCN(c2ncnc3sccc23)C1. The Hall–Kier alpha value is -0.680. The van der Waals surface area contributed by atoms with Crippen molar-refractivity contribution in [2.24, 2.45) is 5.92 Å². The Morgan fingerprint density at radius 3 is 3.25 bits per heavy atom. The third kappa shape index (κ3) is 1.72. The molecule has 84 valence electrons. The lowest BCUT2D eigenvalue weighted by Crippen LogP contribution is -2.21. The van der Waals surface area contributed by atoms with E-state index in [4.69, 9.17) is 0 Å². The molecular formula is C11H12BrN3S. The fourth-order valence-corrected chi connectivity index (χ4v) is 3.44. The standard InChI is InChI=1S/C11H12BrN3S/c12-5-8-1-3-15(6-8)10-9-2-4-16-11(9)14-7-13-10/h2,4,7-8H,1,3,5-6H2. The number of hydrogen-bond acceptors (Lipinski definition) is 4. The first-order valence-electron chi connectivity index (χ1n) is 5.37. The summed E-state index contributed by atoms with van der Waals surface area (Å²) >= 11 is 5.24. The molecule has 0 saturated carbocycles. The van der Waals surface area contributed by atoms with Crippen molar-refractivity contribution in [2.45, 2.75) is 6.42 Å². The van der Waals surface area contributed by atoms with E-state index in [1.54, 1.807) is 17.7 Å². The lowest BCUT2D eigenvalue weighted by atomic mass is 10.2. The average molecular weight is 298 g/mol. The van der Waals surface area contributed by atoms with E-state index in [1.165, 1.54) is 11.8 Å². The lowest BCUT2D eigenvalue weighted by Gasteiger charge is -2.17. The van der Waals surface area contributed by atoms with Gasteiger partial charge in [0, 0.05) is 18.4 Å². The first kappa shape index (κ1) is 10.5. The molecule has 0 radical (unpaired) electrons. The van der Waals surface area contributed by atoms with Crippen molar-refractivity contribution in [3.63, 3.8) is 0 Å². The number of rotatable bonds is 2. The second-order valence-electron chi connectivity index (χ2n) is 4.09. The molecule has 0 bridgehead atoms. The van der Waals surface area contributed by atoms with Crippen molar-refractivity contribution in [1.82, 2.24) is 9.97 Å². The largest absolute Gasteiger partial charge is 0.356 e. The molecule has 0 amide bonds. The van der Waals surface area contributed by atoms with Crippen LogP contribution in [0, 0.1) is 5.92 Å². The molecule has 1 unspecified atom stereocenters. The van der Waals surface area contributed by atoms with Crippen LogP contribution >= 0.6 is 27.3 Å². The van der Waals surface area contributed by atoms with Crippen LogP contribution in [-0.4, -0.2) is 28.4 Å². The molecule has 1 atom stereocenters. The predicted octanol–water partition coefficient (Wildman–Crippen LogP) is 2.91. The van der Waals surface area contributed by atoms with Crippen LogP contribution in [0.2, 0.25) is 0 Å². The molecule has 3 rings (SSSR count). The molecule has 0 spiro atoms. The Bertz CT molecular complexity index is 499. The normalized spacial score (nSPS) is 20.8. The van der Waals surface area contributed by atoms with E-state index >= 15 is 0 Å². The number of fused-ring (bicyclic) bond motifs is 1.